The van der Waals surface area contributed by atoms with E-state index in [9.17, 15) is 19.5 Å². The standard InChI is InChI=1S/C13H13BrN4O4/c14-7-3-9(13(21)22)10(15-4-7)17-1-2-18-8(6-17)5-16-11(19)12(18)20/h3-4,8H,1-2,5-6H2,(H,16,19)(H,21,22). The molecule has 1 unspecified atom stereocenters. The van der Waals surface area contributed by atoms with E-state index in [-0.39, 0.29) is 11.6 Å². The number of rotatable bonds is 2. The van der Waals surface area contributed by atoms with Crippen LogP contribution in [-0.2, 0) is 9.59 Å². The molecule has 2 N–H and O–H groups in total. The van der Waals surface area contributed by atoms with Crippen LogP contribution in [0.5, 0.6) is 0 Å². The average Bonchev–Trinajstić information content (AvgIpc) is 2.50. The van der Waals surface area contributed by atoms with Crippen molar-refractivity contribution in [3.63, 3.8) is 0 Å². The number of pyridine rings is 1. The molecule has 2 fully saturated rings. The number of amides is 2. The second kappa shape index (κ2) is 5.56. The molecule has 3 heterocycles. The van der Waals surface area contributed by atoms with Crippen molar-refractivity contribution in [1.29, 1.82) is 0 Å². The van der Waals surface area contributed by atoms with Crippen molar-refractivity contribution >= 4 is 39.5 Å². The van der Waals surface area contributed by atoms with Crippen molar-refractivity contribution in [2.75, 3.05) is 31.1 Å². The smallest absolute Gasteiger partial charge is 0.339 e. The Kier molecular flexibility index (Phi) is 3.73. The Morgan fingerprint density at radius 1 is 1.41 bits per heavy atom. The van der Waals surface area contributed by atoms with E-state index >= 15 is 0 Å². The van der Waals surface area contributed by atoms with Crippen LogP contribution in [0.1, 0.15) is 10.4 Å². The van der Waals surface area contributed by atoms with Gasteiger partial charge in [-0.25, -0.2) is 9.78 Å². The van der Waals surface area contributed by atoms with Crippen LogP contribution in [0.2, 0.25) is 0 Å². The molecule has 0 saturated carbocycles. The van der Waals surface area contributed by atoms with E-state index in [1.807, 2.05) is 4.90 Å². The quantitative estimate of drug-likeness (QED) is 0.694. The minimum absolute atomic E-state index is 0.106. The van der Waals surface area contributed by atoms with Gasteiger partial charge in [0.25, 0.3) is 0 Å². The number of carboxylic acids is 1. The van der Waals surface area contributed by atoms with Crippen molar-refractivity contribution in [2.45, 2.75) is 6.04 Å². The highest BCUT2D eigenvalue weighted by molar-refractivity contribution is 9.10. The van der Waals surface area contributed by atoms with Crippen LogP contribution in [-0.4, -0.2) is 65.0 Å². The van der Waals surface area contributed by atoms with Crippen molar-refractivity contribution in [3.8, 4) is 0 Å². The molecule has 116 valence electrons. The lowest BCUT2D eigenvalue weighted by Crippen LogP contribution is -2.65. The summed E-state index contributed by atoms with van der Waals surface area (Å²) in [4.78, 5) is 42.1. The monoisotopic (exact) mass is 368 g/mol. The van der Waals surface area contributed by atoms with E-state index in [2.05, 4.69) is 26.2 Å². The van der Waals surface area contributed by atoms with E-state index in [4.69, 9.17) is 0 Å². The number of hydrogen-bond donors (Lipinski definition) is 2. The van der Waals surface area contributed by atoms with Crippen molar-refractivity contribution in [2.24, 2.45) is 0 Å². The van der Waals surface area contributed by atoms with E-state index in [1.165, 1.54) is 11.0 Å². The zero-order valence-electron chi connectivity index (χ0n) is 11.5. The zero-order valence-corrected chi connectivity index (χ0v) is 13.0. The molecule has 2 amide bonds. The molecular weight excluding hydrogens is 356 g/mol. The van der Waals surface area contributed by atoms with Gasteiger partial charge >= 0.3 is 17.8 Å². The molecule has 0 aliphatic carbocycles. The number of aromatic nitrogens is 1. The lowest BCUT2D eigenvalue weighted by molar-refractivity contribution is -0.150. The molecule has 1 aromatic rings. The second-order valence-corrected chi connectivity index (χ2v) is 6.05. The van der Waals surface area contributed by atoms with Gasteiger partial charge in [-0.1, -0.05) is 0 Å². The lowest BCUT2D eigenvalue weighted by atomic mass is 10.1. The maximum absolute atomic E-state index is 11.8. The van der Waals surface area contributed by atoms with Crippen molar-refractivity contribution < 1.29 is 19.5 Å². The number of carbonyl (C=O) groups is 3. The van der Waals surface area contributed by atoms with Crippen molar-refractivity contribution in [1.82, 2.24) is 15.2 Å². The van der Waals surface area contributed by atoms with E-state index in [1.54, 1.807) is 6.20 Å². The molecule has 2 saturated heterocycles. The van der Waals surface area contributed by atoms with Crippen LogP contribution in [0.25, 0.3) is 0 Å². The van der Waals surface area contributed by atoms with Gasteiger partial charge in [-0.2, -0.15) is 0 Å². The Labute approximate surface area is 134 Å². The molecule has 8 nitrogen and oxygen atoms in total. The molecule has 2 aliphatic heterocycles. The highest BCUT2D eigenvalue weighted by Gasteiger charge is 2.38. The second-order valence-electron chi connectivity index (χ2n) is 5.14. The summed E-state index contributed by atoms with van der Waals surface area (Å²) in [5, 5.41) is 11.9. The number of fused-ring (bicyclic) bond motifs is 1. The van der Waals surface area contributed by atoms with Gasteiger partial charge in [0.1, 0.15) is 11.4 Å². The van der Waals surface area contributed by atoms with Crippen molar-refractivity contribution in [3.05, 3.63) is 22.3 Å². The summed E-state index contributed by atoms with van der Waals surface area (Å²) in [6.45, 7) is 1.60. The Balaban J connectivity index is 1.85. The first-order chi connectivity index (χ1) is 10.5. The molecule has 1 atom stereocenters. The van der Waals surface area contributed by atoms with Gasteiger partial charge in [0.2, 0.25) is 0 Å². The van der Waals surface area contributed by atoms with Crippen LogP contribution >= 0.6 is 15.9 Å². The van der Waals surface area contributed by atoms with Gasteiger partial charge in [-0.05, 0) is 22.0 Å². The molecule has 22 heavy (non-hydrogen) atoms. The molecule has 0 spiro atoms. The number of nitrogens with zero attached hydrogens (tertiary/aromatic N) is 3. The lowest BCUT2D eigenvalue weighted by Gasteiger charge is -2.44. The minimum Gasteiger partial charge on any atom is -0.478 e. The van der Waals surface area contributed by atoms with E-state index in [0.29, 0.717) is 36.5 Å². The van der Waals surface area contributed by atoms with E-state index in [0.717, 1.165) is 0 Å². The van der Waals surface area contributed by atoms with E-state index < -0.39 is 17.8 Å². The molecule has 1 aromatic heterocycles. The average molecular weight is 369 g/mol. The van der Waals surface area contributed by atoms with Crippen LogP contribution in [0.4, 0.5) is 5.82 Å². The molecule has 0 bridgehead atoms. The third kappa shape index (κ3) is 2.52. The normalized spacial score (nSPS) is 21.4. The molecule has 0 aromatic carbocycles. The third-order valence-electron chi connectivity index (χ3n) is 3.80. The maximum atomic E-state index is 11.8. The number of carbonyl (C=O) groups excluding carboxylic acids is 2. The maximum Gasteiger partial charge on any atom is 0.339 e. The summed E-state index contributed by atoms with van der Waals surface area (Å²) in [6.07, 6.45) is 1.54. The number of nitrogens with one attached hydrogen (secondary N) is 1. The highest BCUT2D eigenvalue weighted by atomic mass is 79.9. The fraction of sp³-hybridized carbons (Fsp3) is 0.385. The van der Waals surface area contributed by atoms with Crippen LogP contribution < -0.4 is 10.2 Å². The summed E-state index contributed by atoms with van der Waals surface area (Å²) in [6, 6.07) is 1.33. The predicted molar refractivity (Wildman–Crippen MR) is 79.6 cm³/mol. The van der Waals surface area contributed by atoms with Gasteiger partial charge in [-0.15, -0.1) is 0 Å². The first kappa shape index (κ1) is 14.8. The number of carboxylic acid groups (broad SMARTS) is 1. The minimum atomic E-state index is -1.06. The molecule has 3 rings (SSSR count). The Bertz CT molecular complexity index is 665. The highest BCUT2D eigenvalue weighted by Crippen LogP contribution is 2.25. The fourth-order valence-corrected chi connectivity index (χ4v) is 3.08. The van der Waals surface area contributed by atoms with Crippen LogP contribution in [0.15, 0.2) is 16.7 Å². The summed E-state index contributed by atoms with van der Waals surface area (Å²) >= 11 is 3.21. The molecule has 0 radical (unpaired) electrons. The number of halogens is 1. The first-order valence-corrected chi connectivity index (χ1v) is 7.49. The van der Waals surface area contributed by atoms with Gasteiger partial charge in [0.05, 0.1) is 6.04 Å². The molecule has 2 aliphatic rings. The third-order valence-corrected chi connectivity index (χ3v) is 4.23. The van der Waals surface area contributed by atoms with Gasteiger partial charge < -0.3 is 20.2 Å². The van der Waals surface area contributed by atoms with Gasteiger partial charge in [-0.3, -0.25) is 9.59 Å². The summed E-state index contributed by atoms with van der Waals surface area (Å²) < 4.78 is 0.590. The predicted octanol–water partition coefficient (Wildman–Crippen LogP) is -0.311. The number of aromatic carboxylic acids is 1. The Morgan fingerprint density at radius 3 is 2.91 bits per heavy atom. The van der Waals surface area contributed by atoms with Crippen LogP contribution in [0, 0.1) is 0 Å². The number of anilines is 1. The topological polar surface area (TPSA) is 103 Å². The SMILES string of the molecule is O=C1NCC2CN(c3ncc(Br)cc3C(=O)O)CCN2C1=O. The fourth-order valence-electron chi connectivity index (χ4n) is 2.75. The number of hydrogen-bond acceptors (Lipinski definition) is 5. The molecule has 9 heteroatoms. The largest absolute Gasteiger partial charge is 0.478 e. The Morgan fingerprint density at radius 2 is 2.18 bits per heavy atom. The van der Waals surface area contributed by atoms with Gasteiger partial charge in [0.15, 0.2) is 0 Å². The first-order valence-electron chi connectivity index (χ1n) is 6.70. The summed E-state index contributed by atoms with van der Waals surface area (Å²) in [5.41, 5.74) is 0.106. The Hall–Kier alpha value is -2.16. The van der Waals surface area contributed by atoms with Crippen LogP contribution in [0.3, 0.4) is 0 Å². The zero-order chi connectivity index (χ0) is 15.9. The van der Waals surface area contributed by atoms with Gasteiger partial charge in [0, 0.05) is 36.8 Å². The molecular formula is C13H13BrN4O4. The summed E-state index contributed by atoms with van der Waals surface area (Å²) in [5.74, 6) is -1.80. The summed E-state index contributed by atoms with van der Waals surface area (Å²) in [7, 11) is 0. The number of piperazine rings is 2.